The van der Waals surface area contributed by atoms with E-state index in [0.717, 1.165) is 0 Å². The van der Waals surface area contributed by atoms with E-state index in [0.29, 0.717) is 5.56 Å². The van der Waals surface area contributed by atoms with Gasteiger partial charge in [-0.25, -0.2) is 4.79 Å². The van der Waals surface area contributed by atoms with E-state index in [2.05, 4.69) is 6.58 Å². The molecule has 0 aliphatic heterocycles. The van der Waals surface area contributed by atoms with E-state index in [1.807, 2.05) is 0 Å². The zero-order chi connectivity index (χ0) is 13.2. The van der Waals surface area contributed by atoms with E-state index < -0.39 is 21.0 Å². The lowest BCUT2D eigenvalue weighted by atomic mass is 10.2. The van der Waals surface area contributed by atoms with Crippen LogP contribution in [0.25, 0.3) is 0 Å². The minimum Gasteiger partial charge on any atom is -0.422 e. The number of carbonyl (C=O) groups is 1. The van der Waals surface area contributed by atoms with Crippen molar-refractivity contribution in [2.75, 3.05) is 0 Å². The van der Waals surface area contributed by atoms with Crippen LogP contribution in [0.15, 0.2) is 35.2 Å². The minimum absolute atomic E-state index is 0.132. The molecule has 1 aromatic carbocycles. The summed E-state index contributed by atoms with van der Waals surface area (Å²) in [6, 6.07) is 4.01. The van der Waals surface area contributed by atoms with Crippen LogP contribution >= 0.6 is 0 Å². The van der Waals surface area contributed by atoms with Crippen molar-refractivity contribution < 1.29 is 22.5 Å². The van der Waals surface area contributed by atoms with E-state index in [9.17, 15) is 13.2 Å². The summed E-state index contributed by atoms with van der Waals surface area (Å²) in [5, 5.41) is 0. The molecule has 0 bridgehead atoms. The highest BCUT2D eigenvalue weighted by Crippen LogP contribution is 2.25. The molecule has 1 rings (SSSR count). The fraction of sp³-hybridized carbons (Fsp3) is 0.182. The molecule has 17 heavy (non-hydrogen) atoms. The standard InChI is InChI=1S/C11H12O5S/c1-7(2)11(12)16-9-6-8(3)4-5-10(9)17(13,14)15/h4-6H,1H2,2-3H3,(H,13,14,15). The normalized spacial score (nSPS) is 11.0. The Morgan fingerprint density at radius 2 is 2.00 bits per heavy atom. The number of esters is 1. The van der Waals surface area contributed by atoms with Crippen molar-refractivity contribution in [3.05, 3.63) is 35.9 Å². The summed E-state index contributed by atoms with van der Waals surface area (Å²) in [5.41, 5.74) is 0.828. The topological polar surface area (TPSA) is 80.7 Å². The van der Waals surface area contributed by atoms with E-state index >= 15 is 0 Å². The lowest BCUT2D eigenvalue weighted by Gasteiger charge is -2.08. The van der Waals surface area contributed by atoms with Gasteiger partial charge in [-0.15, -0.1) is 0 Å². The smallest absolute Gasteiger partial charge is 0.338 e. The van der Waals surface area contributed by atoms with Gasteiger partial charge >= 0.3 is 5.97 Å². The Balaban J connectivity index is 3.26. The Labute approximate surface area is 99.5 Å². The van der Waals surface area contributed by atoms with Crippen molar-refractivity contribution in [2.24, 2.45) is 0 Å². The van der Waals surface area contributed by atoms with Gasteiger partial charge in [-0.2, -0.15) is 8.42 Å². The number of benzene rings is 1. The van der Waals surface area contributed by atoms with Gasteiger partial charge in [0.05, 0.1) is 0 Å². The fourth-order valence-corrected chi connectivity index (χ4v) is 1.69. The van der Waals surface area contributed by atoms with Crippen molar-refractivity contribution in [3.8, 4) is 5.75 Å². The number of rotatable bonds is 3. The second kappa shape index (κ2) is 4.68. The van der Waals surface area contributed by atoms with Gasteiger partial charge in [-0.3, -0.25) is 4.55 Å². The van der Waals surface area contributed by atoms with Gasteiger partial charge in [0.25, 0.3) is 10.1 Å². The van der Waals surface area contributed by atoms with Crippen molar-refractivity contribution in [1.82, 2.24) is 0 Å². The van der Waals surface area contributed by atoms with Gasteiger partial charge in [0.2, 0.25) is 0 Å². The molecule has 0 heterocycles. The Hall–Kier alpha value is -1.66. The molecule has 0 spiro atoms. The Bertz CT molecular complexity index is 572. The zero-order valence-electron chi connectivity index (χ0n) is 9.43. The van der Waals surface area contributed by atoms with Crippen LogP contribution in [0.2, 0.25) is 0 Å². The van der Waals surface area contributed by atoms with Crippen molar-refractivity contribution >= 4 is 16.1 Å². The summed E-state index contributed by atoms with van der Waals surface area (Å²) in [6.07, 6.45) is 0. The maximum atomic E-state index is 11.3. The number of aryl methyl sites for hydroxylation is 1. The lowest BCUT2D eigenvalue weighted by Crippen LogP contribution is -2.11. The quantitative estimate of drug-likeness (QED) is 0.385. The molecular formula is C11H12O5S. The second-order valence-corrected chi connectivity index (χ2v) is 4.99. The summed E-state index contributed by atoms with van der Waals surface area (Å²) >= 11 is 0. The number of carbonyl (C=O) groups excluding carboxylic acids is 1. The molecule has 1 N–H and O–H groups in total. The highest BCUT2D eigenvalue weighted by molar-refractivity contribution is 7.86. The van der Waals surface area contributed by atoms with Crippen LogP contribution < -0.4 is 4.74 Å². The highest BCUT2D eigenvalue weighted by atomic mass is 32.2. The van der Waals surface area contributed by atoms with Crippen LogP contribution in [0.4, 0.5) is 0 Å². The summed E-state index contributed by atoms with van der Waals surface area (Å²) in [5.74, 6) is -0.957. The van der Waals surface area contributed by atoms with Gasteiger partial charge in [0, 0.05) is 5.57 Å². The van der Waals surface area contributed by atoms with E-state index in [-0.39, 0.29) is 11.3 Å². The van der Waals surface area contributed by atoms with Crippen LogP contribution in [0.3, 0.4) is 0 Å². The summed E-state index contributed by atoms with van der Waals surface area (Å²) < 4.78 is 35.9. The van der Waals surface area contributed by atoms with E-state index in [1.54, 1.807) is 6.92 Å². The molecule has 1 aromatic rings. The third-order valence-electron chi connectivity index (χ3n) is 1.93. The van der Waals surface area contributed by atoms with Gasteiger partial charge in [-0.05, 0) is 31.5 Å². The van der Waals surface area contributed by atoms with Gasteiger partial charge < -0.3 is 4.74 Å². The minimum atomic E-state index is -4.43. The van der Waals surface area contributed by atoms with Crippen molar-refractivity contribution in [2.45, 2.75) is 18.7 Å². The monoisotopic (exact) mass is 256 g/mol. The zero-order valence-corrected chi connectivity index (χ0v) is 10.2. The first-order chi connectivity index (χ1) is 7.71. The molecule has 0 saturated carbocycles. The summed E-state index contributed by atoms with van der Waals surface area (Å²) in [6.45, 7) is 6.52. The largest absolute Gasteiger partial charge is 0.422 e. The molecule has 6 heteroatoms. The molecule has 92 valence electrons. The molecular weight excluding hydrogens is 244 g/mol. The third kappa shape index (κ3) is 3.40. The van der Waals surface area contributed by atoms with Crippen LogP contribution in [0, 0.1) is 6.92 Å². The maximum absolute atomic E-state index is 11.3. The van der Waals surface area contributed by atoms with Crippen LogP contribution in [-0.4, -0.2) is 18.9 Å². The SMILES string of the molecule is C=C(C)C(=O)Oc1cc(C)ccc1S(=O)(=O)O. The molecule has 0 amide bonds. The number of hydrogen-bond donors (Lipinski definition) is 1. The predicted molar refractivity (Wildman–Crippen MR) is 61.4 cm³/mol. The van der Waals surface area contributed by atoms with E-state index in [1.165, 1.54) is 25.1 Å². The average Bonchev–Trinajstić information content (AvgIpc) is 2.15. The van der Waals surface area contributed by atoms with Crippen LogP contribution in [0.5, 0.6) is 5.75 Å². The van der Waals surface area contributed by atoms with Crippen LogP contribution in [0.1, 0.15) is 12.5 Å². The molecule has 0 aromatic heterocycles. The predicted octanol–water partition coefficient (Wildman–Crippen LogP) is 1.72. The molecule has 0 fully saturated rings. The van der Waals surface area contributed by atoms with Crippen molar-refractivity contribution in [3.63, 3.8) is 0 Å². The average molecular weight is 256 g/mol. The maximum Gasteiger partial charge on any atom is 0.338 e. The summed E-state index contributed by atoms with van der Waals surface area (Å²) in [7, 11) is -4.43. The molecule has 0 saturated heterocycles. The first-order valence-corrected chi connectivity index (χ1v) is 6.11. The Morgan fingerprint density at radius 3 is 2.47 bits per heavy atom. The molecule has 0 radical (unpaired) electrons. The fourth-order valence-electron chi connectivity index (χ4n) is 1.10. The second-order valence-electron chi connectivity index (χ2n) is 3.60. The Kier molecular flexibility index (Phi) is 3.69. The van der Waals surface area contributed by atoms with Crippen LogP contribution in [-0.2, 0) is 14.9 Å². The first-order valence-electron chi connectivity index (χ1n) is 4.67. The number of ether oxygens (including phenoxy) is 1. The first kappa shape index (κ1) is 13.4. The molecule has 5 nitrogen and oxygen atoms in total. The molecule has 0 unspecified atom stereocenters. The van der Waals surface area contributed by atoms with Gasteiger partial charge in [0.15, 0.2) is 5.75 Å². The number of hydrogen-bond acceptors (Lipinski definition) is 4. The molecule has 0 atom stereocenters. The van der Waals surface area contributed by atoms with Gasteiger partial charge in [0.1, 0.15) is 4.90 Å². The van der Waals surface area contributed by atoms with Crippen molar-refractivity contribution in [1.29, 1.82) is 0 Å². The lowest BCUT2D eigenvalue weighted by molar-refractivity contribution is -0.130. The van der Waals surface area contributed by atoms with E-state index in [4.69, 9.17) is 9.29 Å². The van der Waals surface area contributed by atoms with Gasteiger partial charge in [-0.1, -0.05) is 12.6 Å². The molecule has 0 aliphatic rings. The highest BCUT2D eigenvalue weighted by Gasteiger charge is 2.19. The molecule has 0 aliphatic carbocycles. The summed E-state index contributed by atoms with van der Waals surface area (Å²) in [4.78, 5) is 10.9. The third-order valence-corrected chi connectivity index (χ3v) is 2.82. The Morgan fingerprint density at radius 1 is 1.41 bits per heavy atom.